The number of hydrogen-bond acceptors (Lipinski definition) is 6. The third-order valence-electron chi connectivity index (χ3n) is 4.67. The van der Waals surface area contributed by atoms with E-state index in [0.29, 0.717) is 25.8 Å². The summed E-state index contributed by atoms with van der Waals surface area (Å²) in [6.45, 7) is 2.61. The van der Waals surface area contributed by atoms with Gasteiger partial charge in [-0.3, -0.25) is 14.4 Å². The molecule has 0 radical (unpaired) electrons. The normalized spacial score (nSPS) is 13.9. The Morgan fingerprint density at radius 2 is 1.83 bits per heavy atom. The van der Waals surface area contributed by atoms with Crippen LogP contribution in [0.15, 0.2) is 30.3 Å². The SMILES string of the molecule is CNC(CCC(N)C(=O)OCc1ccccc1)C(=O)NCC(C)CCCC(=O)O. The van der Waals surface area contributed by atoms with Crippen molar-refractivity contribution in [3.8, 4) is 0 Å². The Morgan fingerprint density at radius 3 is 2.45 bits per heavy atom. The van der Waals surface area contributed by atoms with E-state index in [-0.39, 0.29) is 24.9 Å². The summed E-state index contributed by atoms with van der Waals surface area (Å²) in [6.07, 6.45) is 2.17. The first-order valence-corrected chi connectivity index (χ1v) is 9.96. The van der Waals surface area contributed by atoms with Crippen molar-refractivity contribution in [3.05, 3.63) is 35.9 Å². The Hall–Kier alpha value is -2.45. The highest BCUT2D eigenvalue weighted by Crippen LogP contribution is 2.08. The van der Waals surface area contributed by atoms with Gasteiger partial charge >= 0.3 is 11.9 Å². The number of carbonyl (C=O) groups excluding carboxylic acids is 2. The minimum absolute atomic E-state index is 0.135. The van der Waals surface area contributed by atoms with E-state index in [0.717, 1.165) is 12.0 Å². The maximum absolute atomic E-state index is 12.3. The molecule has 1 amide bonds. The molecule has 1 aromatic rings. The van der Waals surface area contributed by atoms with Gasteiger partial charge in [0.25, 0.3) is 0 Å². The van der Waals surface area contributed by atoms with Gasteiger partial charge in [-0.15, -0.1) is 0 Å². The fourth-order valence-electron chi connectivity index (χ4n) is 2.81. The lowest BCUT2D eigenvalue weighted by Crippen LogP contribution is -2.45. The molecular weight excluding hydrogens is 374 g/mol. The lowest BCUT2D eigenvalue weighted by Gasteiger charge is -2.19. The highest BCUT2D eigenvalue weighted by atomic mass is 16.5. The standard InChI is InChI=1S/C21H33N3O5/c1-15(7-6-10-19(25)26)13-24-20(27)18(23-2)12-11-17(22)21(28)29-14-16-8-4-3-5-9-16/h3-5,8-9,15,17-18,23H,6-7,10-14,22H2,1-2H3,(H,24,27)(H,25,26). The summed E-state index contributed by atoms with van der Waals surface area (Å²) in [4.78, 5) is 34.9. The first-order valence-electron chi connectivity index (χ1n) is 9.96. The number of nitrogens with one attached hydrogen (secondary N) is 2. The van der Waals surface area contributed by atoms with Crippen molar-refractivity contribution in [2.75, 3.05) is 13.6 Å². The van der Waals surface area contributed by atoms with Gasteiger partial charge < -0.3 is 26.2 Å². The molecule has 1 aromatic carbocycles. The highest BCUT2D eigenvalue weighted by Gasteiger charge is 2.21. The van der Waals surface area contributed by atoms with Crippen molar-refractivity contribution < 1.29 is 24.2 Å². The van der Waals surface area contributed by atoms with E-state index in [1.165, 1.54) is 0 Å². The summed E-state index contributed by atoms with van der Waals surface area (Å²) in [5.74, 6) is -1.28. The number of ether oxygens (including phenoxy) is 1. The molecule has 29 heavy (non-hydrogen) atoms. The fourth-order valence-corrected chi connectivity index (χ4v) is 2.81. The van der Waals surface area contributed by atoms with Gasteiger partial charge in [0.1, 0.15) is 12.6 Å². The van der Waals surface area contributed by atoms with E-state index in [1.807, 2.05) is 37.3 Å². The van der Waals surface area contributed by atoms with Crippen molar-refractivity contribution in [2.24, 2.45) is 11.7 Å². The van der Waals surface area contributed by atoms with E-state index in [1.54, 1.807) is 7.05 Å². The number of carbonyl (C=O) groups is 3. The van der Waals surface area contributed by atoms with Gasteiger partial charge in [0.2, 0.25) is 5.91 Å². The Balaban J connectivity index is 2.30. The Kier molecular flexibility index (Phi) is 11.6. The molecule has 0 aliphatic carbocycles. The molecule has 1 rings (SSSR count). The molecule has 162 valence electrons. The van der Waals surface area contributed by atoms with Crippen LogP contribution in [0.3, 0.4) is 0 Å². The predicted molar refractivity (Wildman–Crippen MR) is 110 cm³/mol. The van der Waals surface area contributed by atoms with Gasteiger partial charge in [0, 0.05) is 13.0 Å². The van der Waals surface area contributed by atoms with Crippen LogP contribution in [0.5, 0.6) is 0 Å². The molecule has 0 aliphatic rings. The summed E-state index contributed by atoms with van der Waals surface area (Å²) in [5.41, 5.74) is 6.79. The first kappa shape index (κ1) is 24.6. The second-order valence-corrected chi connectivity index (χ2v) is 7.25. The molecule has 0 saturated heterocycles. The second kappa shape index (κ2) is 13.7. The predicted octanol–water partition coefficient (Wildman–Crippen LogP) is 1.43. The van der Waals surface area contributed by atoms with E-state index in [2.05, 4.69) is 10.6 Å². The van der Waals surface area contributed by atoms with E-state index in [9.17, 15) is 14.4 Å². The molecule has 3 unspecified atom stereocenters. The maximum atomic E-state index is 12.3. The lowest BCUT2D eigenvalue weighted by molar-refractivity contribution is -0.147. The van der Waals surface area contributed by atoms with E-state index < -0.39 is 24.0 Å². The number of esters is 1. The summed E-state index contributed by atoms with van der Waals surface area (Å²) in [5, 5.41) is 14.5. The zero-order chi connectivity index (χ0) is 21.6. The minimum Gasteiger partial charge on any atom is -0.481 e. The zero-order valence-corrected chi connectivity index (χ0v) is 17.2. The van der Waals surface area contributed by atoms with E-state index in [4.69, 9.17) is 15.6 Å². The first-order chi connectivity index (χ1) is 13.8. The number of likely N-dealkylation sites (N-methyl/N-ethyl adjacent to an activating group) is 1. The van der Waals surface area contributed by atoms with Gasteiger partial charge in [0.15, 0.2) is 0 Å². The van der Waals surface area contributed by atoms with Gasteiger partial charge in [-0.05, 0) is 44.2 Å². The van der Waals surface area contributed by atoms with Crippen LogP contribution in [0.1, 0.15) is 44.6 Å². The number of aliphatic carboxylic acids is 1. The van der Waals surface area contributed by atoms with Crippen molar-refractivity contribution in [1.82, 2.24) is 10.6 Å². The topological polar surface area (TPSA) is 131 Å². The van der Waals surface area contributed by atoms with Gasteiger partial charge in [-0.2, -0.15) is 0 Å². The van der Waals surface area contributed by atoms with Crippen molar-refractivity contribution >= 4 is 17.8 Å². The Bertz CT molecular complexity index is 638. The summed E-state index contributed by atoms with van der Waals surface area (Å²) >= 11 is 0. The number of amides is 1. The molecule has 0 aromatic heterocycles. The Labute approximate surface area is 172 Å². The summed E-state index contributed by atoms with van der Waals surface area (Å²) < 4.78 is 5.22. The van der Waals surface area contributed by atoms with Crippen LogP contribution in [-0.4, -0.2) is 48.6 Å². The highest BCUT2D eigenvalue weighted by molar-refractivity contribution is 5.82. The van der Waals surface area contributed by atoms with Crippen molar-refractivity contribution in [2.45, 2.75) is 57.7 Å². The number of rotatable bonds is 14. The van der Waals surface area contributed by atoms with Crippen LogP contribution in [0.4, 0.5) is 0 Å². The number of benzene rings is 1. The molecular formula is C21H33N3O5. The molecule has 0 fully saturated rings. The second-order valence-electron chi connectivity index (χ2n) is 7.25. The third-order valence-corrected chi connectivity index (χ3v) is 4.67. The number of carboxylic acids is 1. The molecule has 0 aliphatic heterocycles. The van der Waals surface area contributed by atoms with Gasteiger partial charge in [-0.25, -0.2) is 0 Å². The molecule has 0 spiro atoms. The quantitative estimate of drug-likeness (QED) is 0.343. The molecule has 5 N–H and O–H groups in total. The van der Waals surface area contributed by atoms with Crippen LogP contribution >= 0.6 is 0 Å². The third kappa shape index (κ3) is 10.6. The minimum atomic E-state index is -0.810. The van der Waals surface area contributed by atoms with E-state index >= 15 is 0 Å². The maximum Gasteiger partial charge on any atom is 0.323 e. The van der Waals surface area contributed by atoms with Crippen LogP contribution < -0.4 is 16.4 Å². The molecule has 3 atom stereocenters. The monoisotopic (exact) mass is 407 g/mol. The van der Waals surface area contributed by atoms with Crippen molar-refractivity contribution in [3.63, 3.8) is 0 Å². The Morgan fingerprint density at radius 1 is 1.14 bits per heavy atom. The molecule has 0 heterocycles. The fraction of sp³-hybridized carbons (Fsp3) is 0.571. The lowest BCUT2D eigenvalue weighted by atomic mass is 10.0. The van der Waals surface area contributed by atoms with Gasteiger partial charge in [-0.1, -0.05) is 37.3 Å². The van der Waals surface area contributed by atoms with Crippen molar-refractivity contribution in [1.29, 1.82) is 0 Å². The van der Waals surface area contributed by atoms with Crippen LogP contribution in [0, 0.1) is 5.92 Å². The van der Waals surface area contributed by atoms with Gasteiger partial charge in [0.05, 0.1) is 6.04 Å². The number of nitrogens with two attached hydrogens (primary N) is 1. The molecule has 8 nitrogen and oxygen atoms in total. The number of carboxylic acid groups (broad SMARTS) is 1. The summed E-state index contributed by atoms with van der Waals surface area (Å²) in [7, 11) is 1.68. The largest absolute Gasteiger partial charge is 0.481 e. The van der Waals surface area contributed by atoms with Crippen LogP contribution in [0.2, 0.25) is 0 Å². The molecule has 8 heteroatoms. The summed E-state index contributed by atoms with van der Waals surface area (Å²) in [6, 6.07) is 8.09. The van der Waals surface area contributed by atoms with Crippen LogP contribution in [0.25, 0.3) is 0 Å². The molecule has 0 saturated carbocycles. The van der Waals surface area contributed by atoms with Crippen LogP contribution in [-0.2, 0) is 25.7 Å². The smallest absolute Gasteiger partial charge is 0.323 e. The molecule has 0 bridgehead atoms. The number of hydrogen-bond donors (Lipinski definition) is 4. The average Bonchev–Trinajstić information content (AvgIpc) is 2.71. The zero-order valence-electron chi connectivity index (χ0n) is 17.2. The average molecular weight is 408 g/mol.